The molecule has 38 heavy (non-hydrogen) atoms. The summed E-state index contributed by atoms with van der Waals surface area (Å²) in [6.07, 6.45) is 23.9. The lowest BCUT2D eigenvalue weighted by atomic mass is 9.67. The van der Waals surface area contributed by atoms with E-state index in [4.69, 9.17) is 11.5 Å². The van der Waals surface area contributed by atoms with E-state index in [1.807, 2.05) is 0 Å². The van der Waals surface area contributed by atoms with Gasteiger partial charge in [-0.05, 0) is 85.4 Å². The molecule has 1 aromatic carbocycles. The van der Waals surface area contributed by atoms with Crippen molar-refractivity contribution in [2.45, 2.75) is 168 Å². The summed E-state index contributed by atoms with van der Waals surface area (Å²) in [5, 5.41) is 0. The van der Waals surface area contributed by atoms with Crippen LogP contribution in [0.3, 0.4) is 0 Å². The minimum atomic E-state index is 0.179. The van der Waals surface area contributed by atoms with Gasteiger partial charge in [-0.1, -0.05) is 143 Å². The van der Waals surface area contributed by atoms with Crippen LogP contribution in [0.1, 0.15) is 168 Å². The Bertz CT molecular complexity index is 616. The van der Waals surface area contributed by atoms with Gasteiger partial charge in [0.05, 0.1) is 0 Å². The van der Waals surface area contributed by atoms with E-state index in [-0.39, 0.29) is 10.8 Å². The second kappa shape index (κ2) is 20.1. The Balaban J connectivity index is 2.90. The van der Waals surface area contributed by atoms with Crippen LogP contribution in [-0.2, 0) is 10.8 Å². The van der Waals surface area contributed by atoms with Crippen LogP contribution in [0.2, 0.25) is 0 Å². The van der Waals surface area contributed by atoms with Gasteiger partial charge in [-0.2, -0.15) is 0 Å². The molecular weight excluding hydrogens is 460 g/mol. The Labute approximate surface area is 239 Å². The summed E-state index contributed by atoms with van der Waals surface area (Å²) in [6.45, 7) is 16.1. The Morgan fingerprint density at radius 2 is 0.763 bits per heavy atom. The van der Waals surface area contributed by atoms with Crippen molar-refractivity contribution in [3.8, 4) is 0 Å². The number of unbranched alkanes of at least 4 members (excludes halogenated alkanes) is 10. The van der Waals surface area contributed by atoms with Crippen molar-refractivity contribution in [2.24, 2.45) is 23.3 Å². The highest BCUT2D eigenvalue weighted by Crippen LogP contribution is 2.41. The summed E-state index contributed by atoms with van der Waals surface area (Å²) in [7, 11) is 0. The second-order valence-electron chi connectivity index (χ2n) is 13.4. The lowest BCUT2D eigenvalue weighted by Gasteiger charge is -2.38. The summed E-state index contributed by atoms with van der Waals surface area (Å²) >= 11 is 0. The molecule has 2 unspecified atom stereocenters. The van der Waals surface area contributed by atoms with Crippen molar-refractivity contribution in [3.05, 3.63) is 35.4 Å². The second-order valence-corrected chi connectivity index (χ2v) is 13.4. The molecule has 0 aromatic heterocycles. The molecule has 0 spiro atoms. The maximum Gasteiger partial charge on any atom is -0.00753 e. The summed E-state index contributed by atoms with van der Waals surface area (Å²) < 4.78 is 0. The number of rotatable bonds is 24. The summed E-state index contributed by atoms with van der Waals surface area (Å²) in [4.78, 5) is 0. The highest BCUT2D eigenvalue weighted by molar-refractivity contribution is 5.33. The van der Waals surface area contributed by atoms with Gasteiger partial charge in [0, 0.05) is 0 Å². The third-order valence-corrected chi connectivity index (χ3v) is 9.74. The largest absolute Gasteiger partial charge is 0.330 e. The molecule has 4 N–H and O–H groups in total. The summed E-state index contributed by atoms with van der Waals surface area (Å²) in [5.74, 6) is 1.39. The van der Waals surface area contributed by atoms with Crippen LogP contribution in [0.4, 0.5) is 0 Å². The minimum absolute atomic E-state index is 0.179. The first-order valence-electron chi connectivity index (χ1n) is 16.8. The van der Waals surface area contributed by atoms with Crippen LogP contribution in [0.5, 0.6) is 0 Å². The molecule has 0 saturated heterocycles. The molecule has 222 valence electrons. The van der Waals surface area contributed by atoms with E-state index in [1.54, 1.807) is 0 Å². The standard InChI is InChI=1S/C36H68N2/c1-7-9-11-13-15-17-21-31(23-19-29-37)35(3,4)33-25-27-34(28-26-33)36(5,6)32(24-20-30-38)22-18-16-14-12-10-8-2/h25-28,31-32H,7-24,29-30,37-38H2,1-6H3. The average molecular weight is 529 g/mol. The lowest BCUT2D eigenvalue weighted by molar-refractivity contribution is 0.263. The van der Waals surface area contributed by atoms with E-state index in [2.05, 4.69) is 65.8 Å². The van der Waals surface area contributed by atoms with Crippen molar-refractivity contribution in [2.75, 3.05) is 13.1 Å². The monoisotopic (exact) mass is 529 g/mol. The number of hydrogen-bond donors (Lipinski definition) is 2. The van der Waals surface area contributed by atoms with Crippen LogP contribution in [0.25, 0.3) is 0 Å². The van der Waals surface area contributed by atoms with Gasteiger partial charge in [0.2, 0.25) is 0 Å². The Kier molecular flexibility index (Phi) is 18.6. The SMILES string of the molecule is CCCCCCCCC(CCCN)C(C)(C)c1ccc(C(C)(C)C(CCCN)CCCCCCCC)cc1. The molecule has 2 atom stereocenters. The topological polar surface area (TPSA) is 52.0 Å². The molecule has 0 aliphatic rings. The van der Waals surface area contributed by atoms with E-state index in [9.17, 15) is 0 Å². The van der Waals surface area contributed by atoms with Crippen LogP contribution in [0.15, 0.2) is 24.3 Å². The number of benzene rings is 1. The quantitative estimate of drug-likeness (QED) is 0.131. The molecule has 0 radical (unpaired) electrons. The highest BCUT2D eigenvalue weighted by Gasteiger charge is 2.33. The maximum absolute atomic E-state index is 5.96. The van der Waals surface area contributed by atoms with Gasteiger partial charge in [-0.3, -0.25) is 0 Å². The predicted molar refractivity (Wildman–Crippen MR) is 172 cm³/mol. The third-order valence-electron chi connectivity index (χ3n) is 9.74. The zero-order valence-corrected chi connectivity index (χ0v) is 26.8. The molecule has 2 heteroatoms. The van der Waals surface area contributed by atoms with Gasteiger partial charge >= 0.3 is 0 Å². The molecule has 0 aliphatic heterocycles. The molecule has 1 aromatic rings. The van der Waals surface area contributed by atoms with E-state index < -0.39 is 0 Å². The van der Waals surface area contributed by atoms with E-state index >= 15 is 0 Å². The Morgan fingerprint density at radius 1 is 0.474 bits per heavy atom. The molecule has 0 aliphatic carbocycles. The predicted octanol–water partition coefficient (Wildman–Crippen LogP) is 10.5. The fraction of sp³-hybridized carbons (Fsp3) is 0.833. The van der Waals surface area contributed by atoms with Crippen molar-refractivity contribution in [3.63, 3.8) is 0 Å². The van der Waals surface area contributed by atoms with Crippen molar-refractivity contribution in [1.29, 1.82) is 0 Å². The molecule has 2 nitrogen and oxygen atoms in total. The molecule has 0 amide bonds. The van der Waals surface area contributed by atoms with Gasteiger partial charge in [-0.15, -0.1) is 0 Å². The van der Waals surface area contributed by atoms with E-state index in [1.165, 1.54) is 114 Å². The van der Waals surface area contributed by atoms with E-state index in [0.29, 0.717) is 11.8 Å². The zero-order chi connectivity index (χ0) is 28.3. The van der Waals surface area contributed by atoms with Crippen molar-refractivity contribution >= 4 is 0 Å². The van der Waals surface area contributed by atoms with Crippen molar-refractivity contribution < 1.29 is 0 Å². The number of hydrogen-bond acceptors (Lipinski definition) is 2. The average Bonchev–Trinajstić information content (AvgIpc) is 2.91. The fourth-order valence-electron chi connectivity index (χ4n) is 6.60. The number of nitrogens with two attached hydrogens (primary N) is 2. The first kappa shape index (κ1) is 35.2. The summed E-state index contributed by atoms with van der Waals surface area (Å²) in [5.41, 5.74) is 15.3. The van der Waals surface area contributed by atoms with Crippen molar-refractivity contribution in [1.82, 2.24) is 0 Å². The lowest BCUT2D eigenvalue weighted by Crippen LogP contribution is -2.31. The highest BCUT2D eigenvalue weighted by atomic mass is 14.5. The van der Waals surface area contributed by atoms with Gasteiger partial charge in [0.1, 0.15) is 0 Å². The minimum Gasteiger partial charge on any atom is -0.330 e. The molecule has 0 saturated carbocycles. The molecular formula is C36H68N2. The normalized spacial score (nSPS) is 14.1. The molecule has 0 bridgehead atoms. The van der Waals surface area contributed by atoms with Gasteiger partial charge in [0.15, 0.2) is 0 Å². The summed E-state index contributed by atoms with van der Waals surface area (Å²) in [6, 6.07) is 9.83. The fourth-order valence-corrected chi connectivity index (χ4v) is 6.60. The molecule has 0 heterocycles. The Morgan fingerprint density at radius 3 is 1.08 bits per heavy atom. The van der Waals surface area contributed by atoms with Crippen LogP contribution >= 0.6 is 0 Å². The van der Waals surface area contributed by atoms with Gasteiger partial charge in [0.25, 0.3) is 0 Å². The van der Waals surface area contributed by atoms with Gasteiger partial charge < -0.3 is 11.5 Å². The smallest absolute Gasteiger partial charge is 0.00753 e. The zero-order valence-electron chi connectivity index (χ0n) is 26.8. The van der Waals surface area contributed by atoms with Crippen LogP contribution in [0, 0.1) is 11.8 Å². The van der Waals surface area contributed by atoms with Crippen LogP contribution < -0.4 is 11.5 Å². The van der Waals surface area contributed by atoms with Crippen LogP contribution in [-0.4, -0.2) is 13.1 Å². The van der Waals surface area contributed by atoms with E-state index in [0.717, 1.165) is 25.9 Å². The van der Waals surface area contributed by atoms with Gasteiger partial charge in [-0.25, -0.2) is 0 Å². The maximum atomic E-state index is 5.96. The molecule has 0 fully saturated rings. The Hall–Kier alpha value is -0.860. The molecule has 1 rings (SSSR count). The third kappa shape index (κ3) is 12.5. The first-order valence-corrected chi connectivity index (χ1v) is 16.8. The first-order chi connectivity index (χ1) is 18.2.